The van der Waals surface area contributed by atoms with Crippen LogP contribution in [-0.2, 0) is 0 Å². The molecule has 0 saturated carbocycles. The van der Waals surface area contributed by atoms with Crippen molar-refractivity contribution in [1.82, 2.24) is 0 Å². The third kappa shape index (κ3) is 2.39. The van der Waals surface area contributed by atoms with E-state index in [4.69, 9.17) is 0 Å². The Morgan fingerprint density at radius 1 is 1.25 bits per heavy atom. The van der Waals surface area contributed by atoms with Crippen LogP contribution < -0.4 is 0 Å². The second-order valence-electron chi connectivity index (χ2n) is 2.75. The highest BCUT2D eigenvalue weighted by atomic mass is 127. The Labute approximate surface area is 62.8 Å². The molecule has 0 amide bonds. The van der Waals surface area contributed by atoms with Gasteiger partial charge in [-0.25, -0.2) is 8.78 Å². The summed E-state index contributed by atoms with van der Waals surface area (Å²) < 4.78 is 22.1. The van der Waals surface area contributed by atoms with Crippen molar-refractivity contribution in [2.24, 2.45) is 0 Å². The van der Waals surface area contributed by atoms with Gasteiger partial charge >= 0.3 is 0 Å². The Balaban J connectivity index is 4.02. The van der Waals surface area contributed by atoms with Crippen molar-refractivity contribution >= 4 is 30.7 Å². The zero-order valence-electron chi connectivity index (χ0n) is 5.13. The molecule has 0 heterocycles. The lowest BCUT2D eigenvalue weighted by Gasteiger charge is -2.21. The maximum absolute atomic E-state index is 12.3. The van der Waals surface area contributed by atoms with Gasteiger partial charge in [0.2, 0.25) is 0 Å². The van der Waals surface area contributed by atoms with E-state index in [-0.39, 0.29) is 0 Å². The molecule has 0 aromatic rings. The van der Waals surface area contributed by atoms with Crippen molar-refractivity contribution in [2.45, 2.75) is 23.2 Å². The van der Waals surface area contributed by atoms with Gasteiger partial charge in [-0.3, -0.25) is 0 Å². The molecule has 4 heteroatoms. The van der Waals surface area contributed by atoms with Gasteiger partial charge in [0, 0.05) is 0 Å². The Bertz CT molecular complexity index is 69.0. The minimum atomic E-state index is -2.45. The molecule has 0 fully saturated rings. The first-order valence-corrected chi connectivity index (χ1v) is 6.90. The van der Waals surface area contributed by atoms with E-state index in [0.717, 1.165) is 0 Å². The summed E-state index contributed by atoms with van der Waals surface area (Å²) in [5.41, 5.74) is 0. The number of alkyl halides is 3. The molecule has 0 spiro atoms. The molecule has 0 N–H and O–H groups in total. The smallest absolute Gasteiger partial charge is 0.201 e. The molecule has 0 atom stereocenters. The van der Waals surface area contributed by atoms with Crippen LogP contribution in [0.5, 0.6) is 0 Å². The van der Waals surface area contributed by atoms with E-state index in [0.29, 0.717) is 0 Å². The highest BCUT2D eigenvalue weighted by Gasteiger charge is 2.41. The van der Waals surface area contributed by atoms with Crippen LogP contribution in [0.15, 0.2) is 0 Å². The maximum atomic E-state index is 12.3. The summed E-state index contributed by atoms with van der Waals surface area (Å²) in [5.74, 6) is 0. The Kier molecular flexibility index (Phi) is 2.43. The molecule has 0 bridgehead atoms. The van der Waals surface area contributed by atoms with E-state index in [2.05, 4.69) is 0 Å². The van der Waals surface area contributed by atoms with Crippen LogP contribution in [0.1, 0.15) is 0 Å². The molecule has 0 aliphatic rings. The van der Waals surface area contributed by atoms with Crippen molar-refractivity contribution in [1.29, 1.82) is 0 Å². The molecular formula is C4H9F2ISi. The molecule has 0 saturated heterocycles. The summed E-state index contributed by atoms with van der Waals surface area (Å²) in [5, 5.41) is 0. The predicted molar refractivity (Wildman–Crippen MR) is 42.3 cm³/mol. The van der Waals surface area contributed by atoms with Crippen molar-refractivity contribution in [2.75, 3.05) is 0 Å². The molecule has 0 aromatic heterocycles. The van der Waals surface area contributed by atoms with E-state index in [1.807, 2.05) is 0 Å². The van der Waals surface area contributed by atoms with Crippen LogP contribution in [0.4, 0.5) is 8.78 Å². The summed E-state index contributed by atoms with van der Waals surface area (Å²) >= 11 is 1.21. The normalized spacial score (nSPS) is 14.2. The lowest BCUT2D eigenvalue weighted by molar-refractivity contribution is 0.208. The van der Waals surface area contributed by atoms with Crippen molar-refractivity contribution in [3.63, 3.8) is 0 Å². The number of halogens is 3. The molecule has 8 heavy (non-hydrogen) atoms. The van der Waals surface area contributed by atoms with Crippen LogP contribution in [0, 0.1) is 0 Å². The van der Waals surface area contributed by atoms with Crippen LogP contribution >= 0.6 is 22.6 Å². The van der Waals surface area contributed by atoms with Gasteiger partial charge in [-0.1, -0.05) is 19.6 Å². The molecular weight excluding hydrogens is 241 g/mol. The van der Waals surface area contributed by atoms with E-state index in [1.54, 1.807) is 19.6 Å². The first kappa shape index (κ1) is 8.81. The fourth-order valence-electron chi connectivity index (χ4n) is 0. The van der Waals surface area contributed by atoms with E-state index >= 15 is 0 Å². The number of hydrogen-bond acceptors (Lipinski definition) is 0. The average Bonchev–Trinajstić information content (AvgIpc) is 1.25. The SMILES string of the molecule is C[Si](C)(C)C(F)(F)I. The maximum Gasteiger partial charge on any atom is 0.275 e. The lowest BCUT2D eigenvalue weighted by atomic mass is 11.6. The van der Waals surface area contributed by atoms with Gasteiger partial charge in [-0.15, -0.1) is 0 Å². The van der Waals surface area contributed by atoms with E-state index < -0.39 is 11.6 Å². The fourth-order valence-corrected chi connectivity index (χ4v) is 0. The van der Waals surface area contributed by atoms with Crippen molar-refractivity contribution in [3.8, 4) is 0 Å². The summed E-state index contributed by atoms with van der Waals surface area (Å²) in [6.07, 6.45) is 0. The lowest BCUT2D eigenvalue weighted by Crippen LogP contribution is -2.39. The second kappa shape index (κ2) is 2.21. The molecule has 0 nitrogen and oxygen atoms in total. The molecule has 0 radical (unpaired) electrons. The summed E-state index contributed by atoms with van der Waals surface area (Å²) in [6, 6.07) is 0. The summed E-state index contributed by atoms with van der Waals surface area (Å²) in [7, 11) is -2.21. The minimum Gasteiger partial charge on any atom is -0.201 e. The van der Waals surface area contributed by atoms with Crippen LogP contribution in [0.25, 0.3) is 0 Å². The fraction of sp³-hybridized carbons (Fsp3) is 1.00. The van der Waals surface area contributed by atoms with Gasteiger partial charge in [0.1, 0.15) is 8.07 Å². The summed E-state index contributed by atoms with van der Waals surface area (Å²) in [6.45, 7) is 4.96. The average molecular weight is 250 g/mol. The molecule has 0 aromatic carbocycles. The Morgan fingerprint density at radius 2 is 1.38 bits per heavy atom. The van der Waals surface area contributed by atoms with Gasteiger partial charge < -0.3 is 0 Å². The van der Waals surface area contributed by atoms with Gasteiger partial charge in [0.05, 0.1) is 0 Å². The highest BCUT2D eigenvalue weighted by molar-refractivity contribution is 14.1. The Hall–Kier alpha value is 0.807. The third-order valence-electron chi connectivity index (χ3n) is 0.850. The first-order chi connectivity index (χ1) is 3.25. The quantitative estimate of drug-likeness (QED) is 0.381. The molecule has 0 unspecified atom stereocenters. The van der Waals surface area contributed by atoms with Crippen LogP contribution in [-0.4, -0.2) is 11.6 Å². The van der Waals surface area contributed by atoms with E-state index in [9.17, 15) is 8.78 Å². The second-order valence-corrected chi connectivity index (χ2v) is 10.2. The highest BCUT2D eigenvalue weighted by Crippen LogP contribution is 2.33. The summed E-state index contributed by atoms with van der Waals surface area (Å²) in [4.78, 5) is 0. The molecule has 50 valence electrons. The topological polar surface area (TPSA) is 0 Å². The molecule has 0 rings (SSSR count). The first-order valence-electron chi connectivity index (χ1n) is 2.32. The van der Waals surface area contributed by atoms with E-state index in [1.165, 1.54) is 22.6 Å². The van der Waals surface area contributed by atoms with Gasteiger partial charge in [-0.2, -0.15) is 0 Å². The monoisotopic (exact) mass is 250 g/mol. The Morgan fingerprint density at radius 3 is 1.38 bits per heavy atom. The van der Waals surface area contributed by atoms with Crippen molar-refractivity contribution < 1.29 is 8.78 Å². The van der Waals surface area contributed by atoms with Crippen molar-refractivity contribution in [3.05, 3.63) is 0 Å². The largest absolute Gasteiger partial charge is 0.275 e. The van der Waals surface area contributed by atoms with Gasteiger partial charge in [0.15, 0.2) is 0 Å². The number of hydrogen-bond donors (Lipinski definition) is 0. The predicted octanol–water partition coefficient (Wildman–Crippen LogP) is 2.89. The number of rotatable bonds is 1. The van der Waals surface area contributed by atoms with Crippen LogP contribution in [0.2, 0.25) is 19.6 Å². The molecule has 0 aliphatic carbocycles. The molecule has 0 aliphatic heterocycles. The van der Waals surface area contributed by atoms with Gasteiger partial charge in [-0.05, 0) is 22.6 Å². The van der Waals surface area contributed by atoms with Crippen LogP contribution in [0.3, 0.4) is 0 Å². The standard InChI is InChI=1S/C4H9F2ISi/c1-8(2,3)4(5,6)7/h1-3H3. The zero-order valence-corrected chi connectivity index (χ0v) is 8.29. The van der Waals surface area contributed by atoms with Gasteiger partial charge in [0.25, 0.3) is 3.55 Å². The zero-order chi connectivity index (χ0) is 7.00. The minimum absolute atomic E-state index is 1.21. The third-order valence-corrected chi connectivity index (χ3v) is 7.41.